The van der Waals surface area contributed by atoms with Crippen LogP contribution in [-0.4, -0.2) is 33.4 Å². The molecule has 3 nitrogen and oxygen atoms in total. The summed E-state index contributed by atoms with van der Waals surface area (Å²) in [7, 11) is 1.69. The molecule has 0 saturated carbocycles. The smallest absolute Gasteiger partial charge is 0.129 e. The molecular weight excluding hydrogens is 233 g/mol. The number of methoxy groups -OCH3 is 1. The fourth-order valence-electron chi connectivity index (χ4n) is 1.50. The normalized spacial score (nSPS) is 10.6. The molecule has 0 aliphatic carbocycles. The van der Waals surface area contributed by atoms with Crippen LogP contribution in [-0.2, 0) is 4.74 Å². The summed E-state index contributed by atoms with van der Waals surface area (Å²) in [6.07, 6.45) is 1.99. The summed E-state index contributed by atoms with van der Waals surface area (Å²) in [5.74, 6) is 0.388. The van der Waals surface area contributed by atoms with E-state index in [4.69, 9.17) is 9.47 Å². The number of nitrogens with one attached hydrogen (secondary N) is 1. The van der Waals surface area contributed by atoms with Crippen LogP contribution in [0.4, 0.5) is 4.39 Å². The Morgan fingerprint density at radius 2 is 2.00 bits per heavy atom. The topological polar surface area (TPSA) is 30.5 Å². The quantitative estimate of drug-likeness (QED) is 0.688. The highest BCUT2D eigenvalue weighted by molar-refractivity contribution is 5.27. The van der Waals surface area contributed by atoms with Gasteiger partial charge in [0.1, 0.15) is 11.6 Å². The Balaban J connectivity index is 2.05. The molecule has 0 aromatic heterocycles. The second-order valence-electron chi connectivity index (χ2n) is 4.21. The minimum Gasteiger partial charge on any atom is -0.493 e. The van der Waals surface area contributed by atoms with Crippen LogP contribution in [0.15, 0.2) is 18.2 Å². The molecule has 1 aromatic carbocycles. The van der Waals surface area contributed by atoms with Gasteiger partial charge in [-0.2, -0.15) is 0 Å². The van der Waals surface area contributed by atoms with Crippen molar-refractivity contribution >= 4 is 0 Å². The molecule has 1 rings (SSSR count). The minimum absolute atomic E-state index is 0.214. The van der Waals surface area contributed by atoms with Gasteiger partial charge >= 0.3 is 0 Å². The number of hydrogen-bond acceptors (Lipinski definition) is 3. The highest BCUT2D eigenvalue weighted by Gasteiger charge is 1.99. The van der Waals surface area contributed by atoms with Crippen LogP contribution in [0.5, 0.6) is 5.75 Å². The first-order valence-corrected chi connectivity index (χ1v) is 6.32. The van der Waals surface area contributed by atoms with Crippen LogP contribution < -0.4 is 10.1 Å². The SMILES string of the molecule is COCCNCCCCOc1ccc(C)c(F)c1. The van der Waals surface area contributed by atoms with E-state index in [2.05, 4.69) is 5.32 Å². The van der Waals surface area contributed by atoms with Crippen LogP contribution in [0.2, 0.25) is 0 Å². The molecule has 1 N–H and O–H groups in total. The van der Waals surface area contributed by atoms with Crippen molar-refractivity contribution in [3.8, 4) is 5.75 Å². The predicted octanol–water partition coefficient (Wildman–Crippen LogP) is 2.53. The first kappa shape index (κ1) is 14.9. The first-order valence-electron chi connectivity index (χ1n) is 6.32. The summed E-state index contributed by atoms with van der Waals surface area (Å²) >= 11 is 0. The van der Waals surface area contributed by atoms with E-state index in [1.54, 1.807) is 26.2 Å². The predicted molar refractivity (Wildman–Crippen MR) is 70.6 cm³/mol. The first-order chi connectivity index (χ1) is 8.74. The standard InChI is InChI=1S/C14H22FNO2/c1-12-5-6-13(11-14(12)15)18-9-4-3-7-16-8-10-17-2/h5-6,11,16H,3-4,7-10H2,1-2H3. The van der Waals surface area contributed by atoms with Gasteiger partial charge in [-0.15, -0.1) is 0 Å². The van der Waals surface area contributed by atoms with Gasteiger partial charge in [0.05, 0.1) is 13.2 Å². The van der Waals surface area contributed by atoms with E-state index >= 15 is 0 Å². The van der Waals surface area contributed by atoms with E-state index in [0.29, 0.717) is 17.9 Å². The Kier molecular flexibility index (Phi) is 7.37. The average molecular weight is 255 g/mol. The van der Waals surface area contributed by atoms with E-state index in [-0.39, 0.29) is 5.82 Å². The third-order valence-electron chi connectivity index (χ3n) is 2.64. The van der Waals surface area contributed by atoms with Crippen molar-refractivity contribution < 1.29 is 13.9 Å². The Hall–Kier alpha value is -1.13. The zero-order valence-corrected chi connectivity index (χ0v) is 11.2. The fraction of sp³-hybridized carbons (Fsp3) is 0.571. The largest absolute Gasteiger partial charge is 0.493 e. The van der Waals surface area contributed by atoms with Crippen LogP contribution >= 0.6 is 0 Å². The molecule has 0 atom stereocenters. The summed E-state index contributed by atoms with van der Waals surface area (Å²) < 4.78 is 23.6. The van der Waals surface area contributed by atoms with E-state index in [0.717, 1.165) is 32.5 Å². The lowest BCUT2D eigenvalue weighted by Crippen LogP contribution is -2.20. The monoisotopic (exact) mass is 255 g/mol. The Morgan fingerprint density at radius 3 is 2.72 bits per heavy atom. The molecule has 0 bridgehead atoms. The lowest BCUT2D eigenvalue weighted by atomic mass is 10.2. The molecule has 0 radical (unpaired) electrons. The Morgan fingerprint density at radius 1 is 1.17 bits per heavy atom. The number of hydrogen-bond donors (Lipinski definition) is 1. The van der Waals surface area contributed by atoms with Gasteiger partial charge in [-0.25, -0.2) is 4.39 Å². The van der Waals surface area contributed by atoms with Crippen molar-refractivity contribution in [2.75, 3.05) is 33.4 Å². The fourth-order valence-corrected chi connectivity index (χ4v) is 1.50. The van der Waals surface area contributed by atoms with Crippen molar-refractivity contribution in [3.63, 3.8) is 0 Å². The molecular formula is C14H22FNO2. The van der Waals surface area contributed by atoms with Gasteiger partial charge in [-0.3, -0.25) is 0 Å². The summed E-state index contributed by atoms with van der Waals surface area (Å²) in [4.78, 5) is 0. The van der Waals surface area contributed by atoms with Crippen LogP contribution in [0.3, 0.4) is 0 Å². The van der Waals surface area contributed by atoms with Gasteiger partial charge in [0, 0.05) is 19.7 Å². The molecule has 0 aliphatic rings. The molecule has 0 spiro atoms. The lowest BCUT2D eigenvalue weighted by Gasteiger charge is -2.07. The third kappa shape index (κ3) is 5.98. The van der Waals surface area contributed by atoms with Crippen LogP contribution in [0.25, 0.3) is 0 Å². The number of rotatable bonds is 9. The summed E-state index contributed by atoms with van der Waals surface area (Å²) in [5, 5.41) is 3.26. The third-order valence-corrected chi connectivity index (χ3v) is 2.64. The Bertz CT molecular complexity index is 345. The zero-order chi connectivity index (χ0) is 13.2. The summed E-state index contributed by atoms with van der Waals surface area (Å²) in [6.45, 7) is 4.92. The highest BCUT2D eigenvalue weighted by atomic mass is 19.1. The number of halogens is 1. The second kappa shape index (κ2) is 8.89. The van der Waals surface area contributed by atoms with Crippen molar-refractivity contribution in [2.45, 2.75) is 19.8 Å². The molecule has 1 aromatic rings. The maximum absolute atomic E-state index is 13.2. The number of aryl methyl sites for hydroxylation is 1. The van der Waals surface area contributed by atoms with E-state index < -0.39 is 0 Å². The van der Waals surface area contributed by atoms with Crippen molar-refractivity contribution in [3.05, 3.63) is 29.6 Å². The number of unbranched alkanes of at least 4 members (excludes halogenated alkanes) is 1. The van der Waals surface area contributed by atoms with E-state index in [9.17, 15) is 4.39 Å². The number of benzene rings is 1. The van der Waals surface area contributed by atoms with Crippen LogP contribution in [0.1, 0.15) is 18.4 Å². The van der Waals surface area contributed by atoms with Crippen molar-refractivity contribution in [1.82, 2.24) is 5.32 Å². The Labute approximate surface area is 108 Å². The van der Waals surface area contributed by atoms with Gasteiger partial charge in [-0.1, -0.05) is 6.07 Å². The highest BCUT2D eigenvalue weighted by Crippen LogP contribution is 2.15. The van der Waals surface area contributed by atoms with Crippen molar-refractivity contribution in [2.24, 2.45) is 0 Å². The minimum atomic E-state index is -0.214. The molecule has 0 fully saturated rings. The van der Waals surface area contributed by atoms with Gasteiger partial charge in [-0.05, 0) is 37.9 Å². The molecule has 102 valence electrons. The van der Waals surface area contributed by atoms with Crippen molar-refractivity contribution in [1.29, 1.82) is 0 Å². The number of ether oxygens (including phenoxy) is 2. The lowest BCUT2D eigenvalue weighted by molar-refractivity contribution is 0.199. The van der Waals surface area contributed by atoms with Gasteiger partial charge < -0.3 is 14.8 Å². The molecule has 0 amide bonds. The van der Waals surface area contributed by atoms with Gasteiger partial charge in [0.2, 0.25) is 0 Å². The molecule has 0 heterocycles. The van der Waals surface area contributed by atoms with E-state index in [1.807, 2.05) is 0 Å². The maximum Gasteiger partial charge on any atom is 0.129 e. The molecule has 4 heteroatoms. The summed E-state index contributed by atoms with van der Waals surface area (Å²) in [5.41, 5.74) is 0.643. The summed E-state index contributed by atoms with van der Waals surface area (Å²) in [6, 6.07) is 4.97. The molecule has 0 unspecified atom stereocenters. The second-order valence-corrected chi connectivity index (χ2v) is 4.21. The van der Waals surface area contributed by atoms with Gasteiger partial charge in [0.15, 0.2) is 0 Å². The average Bonchev–Trinajstić information content (AvgIpc) is 2.37. The van der Waals surface area contributed by atoms with Crippen LogP contribution in [0, 0.1) is 12.7 Å². The van der Waals surface area contributed by atoms with E-state index in [1.165, 1.54) is 6.07 Å². The zero-order valence-electron chi connectivity index (χ0n) is 11.2. The van der Waals surface area contributed by atoms with Gasteiger partial charge in [0.25, 0.3) is 0 Å². The molecule has 0 saturated heterocycles. The maximum atomic E-state index is 13.2. The molecule has 0 aliphatic heterocycles. The molecule has 18 heavy (non-hydrogen) atoms.